The van der Waals surface area contributed by atoms with Crippen molar-refractivity contribution in [3.05, 3.63) is 62.5 Å². The Morgan fingerprint density at radius 1 is 1.22 bits per heavy atom. The van der Waals surface area contributed by atoms with Crippen LogP contribution in [0.3, 0.4) is 0 Å². The molecule has 0 saturated heterocycles. The van der Waals surface area contributed by atoms with E-state index in [2.05, 4.69) is 0 Å². The monoisotopic (exact) mass is 345 g/mol. The van der Waals surface area contributed by atoms with E-state index in [9.17, 15) is 18.0 Å². The molecule has 0 amide bonds. The SMILES string of the molecule is Cc1ccc(C)c(OCCn2cc(C(F)(F)F)cc(Cl)c2=O)c1. The van der Waals surface area contributed by atoms with Crippen LogP contribution in [0.1, 0.15) is 16.7 Å². The fraction of sp³-hybridized carbons (Fsp3) is 0.312. The fourth-order valence-electron chi connectivity index (χ4n) is 2.04. The Morgan fingerprint density at radius 3 is 2.57 bits per heavy atom. The molecular formula is C16H15ClF3NO2. The van der Waals surface area contributed by atoms with Crippen molar-refractivity contribution < 1.29 is 17.9 Å². The van der Waals surface area contributed by atoms with Crippen LogP contribution in [-0.4, -0.2) is 11.2 Å². The Labute approximate surface area is 136 Å². The van der Waals surface area contributed by atoms with Crippen molar-refractivity contribution >= 4 is 11.6 Å². The summed E-state index contributed by atoms with van der Waals surface area (Å²) in [6, 6.07) is 6.28. The van der Waals surface area contributed by atoms with E-state index < -0.39 is 22.3 Å². The standard InChI is InChI=1S/C16H15ClF3NO2/c1-10-3-4-11(2)14(7-10)23-6-5-21-9-12(16(18,19)20)8-13(17)15(21)22/h3-4,7-9H,5-6H2,1-2H3. The van der Waals surface area contributed by atoms with Gasteiger partial charge in [0.2, 0.25) is 0 Å². The Bertz CT molecular complexity index is 769. The van der Waals surface area contributed by atoms with Crippen LogP contribution >= 0.6 is 11.6 Å². The first-order valence-corrected chi connectivity index (χ1v) is 7.23. The highest BCUT2D eigenvalue weighted by atomic mass is 35.5. The van der Waals surface area contributed by atoms with Crippen LogP contribution < -0.4 is 10.3 Å². The van der Waals surface area contributed by atoms with Gasteiger partial charge in [0.15, 0.2) is 0 Å². The lowest BCUT2D eigenvalue weighted by atomic mass is 10.1. The van der Waals surface area contributed by atoms with Crippen molar-refractivity contribution in [1.82, 2.24) is 4.57 Å². The zero-order valence-corrected chi connectivity index (χ0v) is 13.3. The molecule has 124 valence electrons. The molecule has 0 aliphatic rings. The number of hydrogen-bond acceptors (Lipinski definition) is 2. The number of aromatic nitrogens is 1. The molecule has 0 saturated carbocycles. The summed E-state index contributed by atoms with van der Waals surface area (Å²) in [5, 5.41) is -0.466. The van der Waals surface area contributed by atoms with E-state index in [-0.39, 0.29) is 13.2 Å². The van der Waals surface area contributed by atoms with E-state index in [1.54, 1.807) is 0 Å². The molecule has 23 heavy (non-hydrogen) atoms. The normalized spacial score (nSPS) is 11.6. The molecule has 0 aliphatic heterocycles. The molecule has 0 N–H and O–H groups in total. The molecule has 2 rings (SSSR count). The third kappa shape index (κ3) is 4.28. The number of benzene rings is 1. The van der Waals surface area contributed by atoms with E-state index in [0.29, 0.717) is 11.8 Å². The van der Waals surface area contributed by atoms with Crippen molar-refractivity contribution in [2.75, 3.05) is 6.61 Å². The number of nitrogens with zero attached hydrogens (tertiary/aromatic N) is 1. The van der Waals surface area contributed by atoms with Gasteiger partial charge in [0.1, 0.15) is 17.4 Å². The number of alkyl halides is 3. The number of rotatable bonds is 4. The smallest absolute Gasteiger partial charge is 0.417 e. The molecule has 3 nitrogen and oxygen atoms in total. The van der Waals surface area contributed by atoms with Crippen LogP contribution in [0.4, 0.5) is 13.2 Å². The summed E-state index contributed by atoms with van der Waals surface area (Å²) in [5.74, 6) is 0.635. The minimum absolute atomic E-state index is 0.0319. The summed E-state index contributed by atoms with van der Waals surface area (Å²) in [6.07, 6.45) is -3.81. The van der Waals surface area contributed by atoms with Gasteiger partial charge in [-0.2, -0.15) is 13.2 Å². The summed E-state index contributed by atoms with van der Waals surface area (Å²) >= 11 is 5.59. The highest BCUT2D eigenvalue weighted by molar-refractivity contribution is 6.30. The van der Waals surface area contributed by atoms with Gasteiger partial charge >= 0.3 is 6.18 Å². The van der Waals surface area contributed by atoms with Crippen molar-refractivity contribution in [3.8, 4) is 5.75 Å². The fourth-order valence-corrected chi connectivity index (χ4v) is 2.26. The third-order valence-corrected chi connectivity index (χ3v) is 3.57. The number of ether oxygens (including phenoxy) is 1. The van der Waals surface area contributed by atoms with Gasteiger partial charge in [-0.15, -0.1) is 0 Å². The van der Waals surface area contributed by atoms with Crippen molar-refractivity contribution in [2.24, 2.45) is 0 Å². The van der Waals surface area contributed by atoms with Gasteiger partial charge in [-0.1, -0.05) is 23.7 Å². The molecule has 0 radical (unpaired) electrons. The van der Waals surface area contributed by atoms with Gasteiger partial charge in [-0.25, -0.2) is 0 Å². The van der Waals surface area contributed by atoms with E-state index in [1.807, 2.05) is 32.0 Å². The van der Waals surface area contributed by atoms with Crippen LogP contribution in [0.2, 0.25) is 5.02 Å². The lowest BCUT2D eigenvalue weighted by Gasteiger charge is -2.13. The topological polar surface area (TPSA) is 31.2 Å². The van der Waals surface area contributed by atoms with Crippen molar-refractivity contribution in [1.29, 1.82) is 0 Å². The average molecular weight is 346 g/mol. The Kier molecular flexibility index (Phi) is 5.04. The molecule has 0 fully saturated rings. The summed E-state index contributed by atoms with van der Waals surface area (Å²) in [6.45, 7) is 3.79. The molecule has 1 heterocycles. The van der Waals surface area contributed by atoms with Crippen molar-refractivity contribution in [2.45, 2.75) is 26.6 Å². The molecule has 0 unspecified atom stereocenters. The first-order valence-electron chi connectivity index (χ1n) is 6.85. The predicted molar refractivity (Wildman–Crippen MR) is 82.1 cm³/mol. The van der Waals surface area contributed by atoms with Gasteiger partial charge in [-0.05, 0) is 37.1 Å². The second-order valence-electron chi connectivity index (χ2n) is 5.19. The van der Waals surface area contributed by atoms with Crippen molar-refractivity contribution in [3.63, 3.8) is 0 Å². The van der Waals surface area contributed by atoms with Crippen LogP contribution in [0.5, 0.6) is 5.75 Å². The predicted octanol–water partition coefficient (Wildman–Crippen LogP) is 4.22. The maximum atomic E-state index is 12.8. The molecule has 1 aromatic carbocycles. The Hall–Kier alpha value is -1.95. The van der Waals surface area contributed by atoms with Gasteiger partial charge in [0.05, 0.1) is 12.1 Å². The Balaban J connectivity index is 2.16. The second-order valence-corrected chi connectivity index (χ2v) is 5.60. The van der Waals surface area contributed by atoms with Crippen LogP contribution in [0, 0.1) is 13.8 Å². The van der Waals surface area contributed by atoms with Crippen LogP contribution in [0.15, 0.2) is 35.3 Å². The summed E-state index contributed by atoms with van der Waals surface area (Å²) in [5.41, 5.74) is 0.271. The van der Waals surface area contributed by atoms with E-state index >= 15 is 0 Å². The highest BCUT2D eigenvalue weighted by Crippen LogP contribution is 2.29. The van der Waals surface area contributed by atoms with E-state index in [0.717, 1.165) is 21.9 Å². The number of halogens is 4. The van der Waals surface area contributed by atoms with E-state index in [1.165, 1.54) is 0 Å². The summed E-state index contributed by atoms with van der Waals surface area (Å²) in [7, 11) is 0. The van der Waals surface area contributed by atoms with Gasteiger partial charge in [0.25, 0.3) is 5.56 Å². The molecule has 0 atom stereocenters. The summed E-state index contributed by atoms with van der Waals surface area (Å²) in [4.78, 5) is 11.8. The maximum Gasteiger partial charge on any atom is 0.417 e. The van der Waals surface area contributed by atoms with Gasteiger partial charge in [0, 0.05) is 6.20 Å². The van der Waals surface area contributed by atoms with Gasteiger partial charge < -0.3 is 9.30 Å². The highest BCUT2D eigenvalue weighted by Gasteiger charge is 2.32. The molecule has 0 aliphatic carbocycles. The first kappa shape index (κ1) is 17.4. The third-order valence-electron chi connectivity index (χ3n) is 3.30. The number of hydrogen-bond donors (Lipinski definition) is 0. The first-order chi connectivity index (χ1) is 10.7. The summed E-state index contributed by atoms with van der Waals surface area (Å²) < 4.78 is 44.7. The largest absolute Gasteiger partial charge is 0.491 e. The number of pyridine rings is 1. The molecule has 0 bridgehead atoms. The van der Waals surface area contributed by atoms with Crippen LogP contribution in [0.25, 0.3) is 0 Å². The quantitative estimate of drug-likeness (QED) is 0.831. The lowest BCUT2D eigenvalue weighted by Crippen LogP contribution is -2.25. The maximum absolute atomic E-state index is 12.8. The molecule has 7 heteroatoms. The molecule has 2 aromatic rings. The lowest BCUT2D eigenvalue weighted by molar-refractivity contribution is -0.138. The average Bonchev–Trinajstić information content (AvgIpc) is 2.45. The zero-order chi connectivity index (χ0) is 17.2. The van der Waals surface area contributed by atoms with E-state index in [4.69, 9.17) is 16.3 Å². The zero-order valence-electron chi connectivity index (χ0n) is 12.6. The minimum Gasteiger partial charge on any atom is -0.491 e. The molecule has 0 spiro atoms. The minimum atomic E-state index is -4.56. The molecular weight excluding hydrogens is 331 g/mol. The second kappa shape index (κ2) is 6.66. The Morgan fingerprint density at radius 2 is 1.91 bits per heavy atom. The van der Waals surface area contributed by atoms with Crippen LogP contribution in [-0.2, 0) is 12.7 Å². The van der Waals surface area contributed by atoms with Gasteiger partial charge in [-0.3, -0.25) is 4.79 Å². The number of aryl methyl sites for hydroxylation is 2. The molecule has 1 aromatic heterocycles.